The number of halogens is 1. The zero-order valence-electron chi connectivity index (χ0n) is 19.7. The Hall–Kier alpha value is -4.11. The number of benzene rings is 3. The number of anilines is 1. The molecule has 1 N–H and O–H groups in total. The second-order valence-corrected chi connectivity index (χ2v) is 8.80. The van der Waals surface area contributed by atoms with E-state index in [0.717, 1.165) is 28.6 Å². The summed E-state index contributed by atoms with van der Waals surface area (Å²) in [4.78, 5) is 32.3. The van der Waals surface area contributed by atoms with E-state index in [-0.39, 0.29) is 17.4 Å². The van der Waals surface area contributed by atoms with Crippen molar-refractivity contribution < 1.29 is 23.5 Å². The quantitative estimate of drug-likeness (QED) is 0.436. The summed E-state index contributed by atoms with van der Waals surface area (Å²) in [6, 6.07) is 20.3. The Morgan fingerprint density at radius 3 is 2.11 bits per heavy atom. The van der Waals surface area contributed by atoms with Gasteiger partial charge in [-0.15, -0.1) is 0 Å². The fourth-order valence-corrected chi connectivity index (χ4v) is 4.35. The van der Waals surface area contributed by atoms with Crippen molar-refractivity contribution in [2.24, 2.45) is 4.99 Å². The second-order valence-electron chi connectivity index (χ2n) is 7.79. The molecular weight excluding hydrogens is 481 g/mol. The third kappa shape index (κ3) is 6.31. The van der Waals surface area contributed by atoms with Crippen molar-refractivity contribution >= 4 is 34.4 Å². The fraction of sp³-hybridized carbons (Fsp3) is 0.148. The number of amides is 2. The molecule has 2 amide bonds. The van der Waals surface area contributed by atoms with E-state index < -0.39 is 11.7 Å². The van der Waals surface area contributed by atoms with E-state index in [1.165, 1.54) is 30.3 Å². The number of carbonyl (C=O) groups is 2. The summed E-state index contributed by atoms with van der Waals surface area (Å²) >= 11 is 1.14. The van der Waals surface area contributed by atoms with E-state index in [4.69, 9.17) is 9.47 Å². The molecule has 0 aromatic heterocycles. The van der Waals surface area contributed by atoms with Crippen LogP contribution in [-0.2, 0) is 22.7 Å². The number of aliphatic imine (C=N–C) groups is 1. The lowest BCUT2D eigenvalue weighted by Crippen LogP contribution is -2.29. The Labute approximate surface area is 212 Å². The predicted molar refractivity (Wildman–Crippen MR) is 138 cm³/mol. The highest BCUT2D eigenvalue weighted by Crippen LogP contribution is 2.33. The normalized spacial score (nSPS) is 15.4. The van der Waals surface area contributed by atoms with Crippen LogP contribution in [0.5, 0.6) is 11.5 Å². The molecule has 1 fully saturated rings. The van der Waals surface area contributed by atoms with E-state index >= 15 is 0 Å². The van der Waals surface area contributed by atoms with Gasteiger partial charge in [0.25, 0.3) is 5.91 Å². The second kappa shape index (κ2) is 11.5. The minimum absolute atomic E-state index is 0.247. The van der Waals surface area contributed by atoms with Gasteiger partial charge in [-0.25, -0.2) is 4.39 Å². The van der Waals surface area contributed by atoms with Crippen molar-refractivity contribution in [2.75, 3.05) is 19.5 Å². The maximum absolute atomic E-state index is 13.3. The first-order valence-electron chi connectivity index (χ1n) is 11.0. The molecule has 0 saturated carbocycles. The highest BCUT2D eigenvalue weighted by molar-refractivity contribution is 8.18. The van der Waals surface area contributed by atoms with Crippen molar-refractivity contribution in [3.8, 4) is 11.5 Å². The molecule has 7 nitrogen and oxygen atoms in total. The number of nitrogens with zero attached hydrogens (tertiary/aromatic N) is 2. The lowest BCUT2D eigenvalue weighted by atomic mass is 10.2. The number of methoxy groups -OCH3 is 2. The summed E-state index contributed by atoms with van der Waals surface area (Å²) in [7, 11) is 3.20. The molecule has 3 aromatic rings. The van der Waals surface area contributed by atoms with Crippen LogP contribution in [0.2, 0.25) is 0 Å². The summed E-state index contributed by atoms with van der Waals surface area (Å²) in [5.41, 5.74) is 2.27. The fourth-order valence-electron chi connectivity index (χ4n) is 3.40. The van der Waals surface area contributed by atoms with Gasteiger partial charge in [0.15, 0.2) is 5.17 Å². The average Bonchev–Trinajstić information content (AvgIpc) is 3.18. The monoisotopic (exact) mass is 505 g/mol. The van der Waals surface area contributed by atoms with Gasteiger partial charge in [0, 0.05) is 11.8 Å². The summed E-state index contributed by atoms with van der Waals surface area (Å²) in [5, 5.41) is 3.14. The molecule has 4 rings (SSSR count). The van der Waals surface area contributed by atoms with Crippen molar-refractivity contribution in [3.05, 3.63) is 101 Å². The summed E-state index contributed by atoms with van der Waals surface area (Å²) in [5.74, 6) is 0.249. The first-order chi connectivity index (χ1) is 17.4. The molecule has 0 spiro atoms. The van der Waals surface area contributed by atoms with Gasteiger partial charge in [-0.2, -0.15) is 0 Å². The topological polar surface area (TPSA) is 80.2 Å². The molecule has 3 aromatic carbocycles. The molecule has 1 heterocycles. The van der Waals surface area contributed by atoms with Crippen LogP contribution in [0.3, 0.4) is 0 Å². The third-order valence-electron chi connectivity index (χ3n) is 5.32. The number of ether oxygens (including phenoxy) is 2. The molecule has 0 atom stereocenters. The van der Waals surface area contributed by atoms with Crippen LogP contribution in [0.4, 0.5) is 10.1 Å². The minimum atomic E-state index is -0.488. The van der Waals surface area contributed by atoms with Crippen LogP contribution in [0.15, 0.2) is 88.8 Å². The van der Waals surface area contributed by atoms with Gasteiger partial charge >= 0.3 is 0 Å². The molecule has 0 bridgehead atoms. The first-order valence-corrected chi connectivity index (χ1v) is 11.8. The molecule has 36 heavy (non-hydrogen) atoms. The van der Waals surface area contributed by atoms with Gasteiger partial charge in [-0.3, -0.25) is 19.5 Å². The van der Waals surface area contributed by atoms with Gasteiger partial charge in [0.05, 0.1) is 32.2 Å². The van der Waals surface area contributed by atoms with Crippen LogP contribution >= 0.6 is 11.8 Å². The van der Waals surface area contributed by atoms with Crippen LogP contribution < -0.4 is 14.8 Å². The van der Waals surface area contributed by atoms with Gasteiger partial charge in [-0.05, 0) is 71.4 Å². The molecular formula is C27H24FN3O4S. The zero-order chi connectivity index (χ0) is 25.5. The summed E-state index contributed by atoms with van der Waals surface area (Å²) in [6.45, 7) is 0.641. The maximum atomic E-state index is 13.3. The van der Waals surface area contributed by atoms with Crippen molar-refractivity contribution in [3.63, 3.8) is 0 Å². The third-order valence-corrected chi connectivity index (χ3v) is 6.36. The molecule has 0 aliphatic carbocycles. The Morgan fingerprint density at radius 1 is 0.944 bits per heavy atom. The van der Waals surface area contributed by atoms with Crippen LogP contribution in [-0.4, -0.2) is 36.1 Å². The lowest BCUT2D eigenvalue weighted by molar-refractivity contribution is -0.123. The van der Waals surface area contributed by atoms with Crippen LogP contribution in [0, 0.1) is 5.82 Å². The van der Waals surface area contributed by atoms with Gasteiger partial charge in [0.2, 0.25) is 5.91 Å². The van der Waals surface area contributed by atoms with Crippen molar-refractivity contribution in [1.82, 2.24) is 4.90 Å². The molecule has 184 valence electrons. The average molecular weight is 506 g/mol. The Bertz CT molecular complexity index is 1290. The molecule has 9 heteroatoms. The van der Waals surface area contributed by atoms with E-state index in [9.17, 15) is 14.0 Å². The van der Waals surface area contributed by atoms with E-state index in [0.29, 0.717) is 23.1 Å². The number of thioether (sulfide) groups is 1. The van der Waals surface area contributed by atoms with E-state index in [1.807, 2.05) is 48.5 Å². The van der Waals surface area contributed by atoms with Gasteiger partial charge < -0.3 is 14.8 Å². The van der Waals surface area contributed by atoms with Crippen LogP contribution in [0.1, 0.15) is 11.1 Å². The molecule has 1 aliphatic rings. The number of amidine groups is 1. The largest absolute Gasteiger partial charge is 0.497 e. The predicted octanol–water partition coefficient (Wildman–Crippen LogP) is 5.00. The van der Waals surface area contributed by atoms with Gasteiger partial charge in [0.1, 0.15) is 17.3 Å². The highest BCUT2D eigenvalue weighted by Gasteiger charge is 2.34. The maximum Gasteiger partial charge on any atom is 0.267 e. The van der Waals surface area contributed by atoms with Crippen molar-refractivity contribution in [2.45, 2.75) is 13.1 Å². The van der Waals surface area contributed by atoms with Gasteiger partial charge in [-0.1, -0.05) is 24.3 Å². The van der Waals surface area contributed by atoms with Crippen LogP contribution in [0.25, 0.3) is 0 Å². The zero-order valence-corrected chi connectivity index (χ0v) is 20.5. The summed E-state index contributed by atoms with van der Waals surface area (Å²) < 4.78 is 23.5. The Kier molecular flexibility index (Phi) is 8.02. The SMILES string of the molecule is COc1ccc(CN=C2SC(=CC(=O)Nc3ccc(F)cc3)C(=O)N2Cc2ccc(OC)cc2)cc1. The highest BCUT2D eigenvalue weighted by atomic mass is 32.2. The number of hydrogen-bond acceptors (Lipinski definition) is 6. The summed E-state index contributed by atoms with van der Waals surface area (Å²) in [6.07, 6.45) is 1.24. The molecule has 1 saturated heterocycles. The lowest BCUT2D eigenvalue weighted by Gasteiger charge is -2.16. The van der Waals surface area contributed by atoms with Crippen molar-refractivity contribution in [1.29, 1.82) is 0 Å². The van der Waals surface area contributed by atoms with E-state index in [1.54, 1.807) is 19.1 Å². The molecule has 0 radical (unpaired) electrons. The number of carbonyl (C=O) groups excluding carboxylic acids is 2. The molecule has 1 aliphatic heterocycles. The standard InChI is InChI=1S/C27H24FN3O4S/c1-34-22-11-3-18(4-12-22)16-29-27-31(17-19-5-13-23(35-2)14-6-19)26(33)24(36-27)15-25(32)30-21-9-7-20(28)8-10-21/h3-15H,16-17H2,1-2H3,(H,30,32). The Morgan fingerprint density at radius 2 is 1.53 bits per heavy atom. The molecule has 0 unspecified atom stereocenters. The van der Waals surface area contributed by atoms with E-state index in [2.05, 4.69) is 10.3 Å². The smallest absolute Gasteiger partial charge is 0.267 e. The number of rotatable bonds is 8. The number of hydrogen-bond donors (Lipinski definition) is 1. The minimum Gasteiger partial charge on any atom is -0.497 e. The number of nitrogens with one attached hydrogen (secondary N) is 1. The Balaban J connectivity index is 1.55. The first kappa shape index (κ1) is 25.0.